The number of hydrogen-bond acceptors (Lipinski definition) is 4. The SMILES string of the molecule is CCCCCC#CCC#C[C@@H](O)[C@H]1O[C@@H]1CC#CCCCC(=O)OC. The van der Waals surface area contributed by atoms with Crippen molar-refractivity contribution in [3.63, 3.8) is 0 Å². The molecule has 0 aliphatic carbocycles. The van der Waals surface area contributed by atoms with Crippen LogP contribution in [0.15, 0.2) is 0 Å². The van der Waals surface area contributed by atoms with Crippen LogP contribution in [0.4, 0.5) is 0 Å². The summed E-state index contributed by atoms with van der Waals surface area (Å²) in [4.78, 5) is 10.9. The number of ether oxygens (including phenoxy) is 2. The van der Waals surface area contributed by atoms with Crippen LogP contribution in [0, 0.1) is 35.5 Å². The predicted molar refractivity (Wildman–Crippen MR) is 97.2 cm³/mol. The van der Waals surface area contributed by atoms with Gasteiger partial charge < -0.3 is 14.6 Å². The number of esters is 1. The highest BCUT2D eigenvalue weighted by Gasteiger charge is 2.43. The molecular formula is C21H28O4. The predicted octanol–water partition coefficient (Wildman–Crippen LogP) is 2.83. The maximum atomic E-state index is 10.9. The highest BCUT2D eigenvalue weighted by atomic mass is 16.6. The summed E-state index contributed by atoms with van der Waals surface area (Å²) in [6.07, 6.45) is 6.24. The Morgan fingerprint density at radius 2 is 1.88 bits per heavy atom. The van der Waals surface area contributed by atoms with Crippen LogP contribution >= 0.6 is 0 Å². The number of rotatable bonds is 8. The van der Waals surface area contributed by atoms with Gasteiger partial charge in [-0.1, -0.05) is 37.5 Å². The third kappa shape index (κ3) is 10.5. The second-order valence-corrected chi connectivity index (χ2v) is 5.88. The molecule has 1 heterocycles. The smallest absolute Gasteiger partial charge is 0.305 e. The molecule has 0 aromatic rings. The van der Waals surface area contributed by atoms with Gasteiger partial charge in [0.25, 0.3) is 0 Å². The van der Waals surface area contributed by atoms with Gasteiger partial charge in [-0.3, -0.25) is 4.79 Å². The van der Waals surface area contributed by atoms with E-state index in [2.05, 4.69) is 47.2 Å². The van der Waals surface area contributed by atoms with E-state index < -0.39 is 6.10 Å². The van der Waals surface area contributed by atoms with Gasteiger partial charge in [0.15, 0.2) is 0 Å². The van der Waals surface area contributed by atoms with Crippen LogP contribution in [0.25, 0.3) is 0 Å². The molecule has 1 N–H and O–H groups in total. The number of aliphatic hydroxyl groups is 1. The van der Waals surface area contributed by atoms with E-state index in [9.17, 15) is 9.90 Å². The molecule has 0 spiro atoms. The van der Waals surface area contributed by atoms with Crippen molar-refractivity contribution in [2.24, 2.45) is 0 Å². The monoisotopic (exact) mass is 344 g/mol. The summed E-state index contributed by atoms with van der Waals surface area (Å²) in [5, 5.41) is 9.91. The Balaban J connectivity index is 2.11. The standard InChI is InChI=1S/C21H28O4/c1-3-4-5-6-7-8-9-12-15-18(22)21-19(25-21)16-13-10-11-14-17-20(23)24-2/h18-19,21-22H,3-6,9,11,14,16-17H2,1-2H3/t18-,19-,21-/m1/s1. The van der Waals surface area contributed by atoms with Gasteiger partial charge in [0, 0.05) is 25.7 Å². The first-order chi connectivity index (χ1) is 12.2. The van der Waals surface area contributed by atoms with E-state index in [1.54, 1.807) is 0 Å². The van der Waals surface area contributed by atoms with Crippen molar-refractivity contribution in [2.45, 2.75) is 83.0 Å². The molecule has 0 aromatic heterocycles. The quantitative estimate of drug-likeness (QED) is 0.318. The summed E-state index contributed by atoms with van der Waals surface area (Å²) in [5.74, 6) is 17.6. The Kier molecular flexibility index (Phi) is 11.3. The summed E-state index contributed by atoms with van der Waals surface area (Å²) in [7, 11) is 1.38. The number of methoxy groups -OCH3 is 1. The van der Waals surface area contributed by atoms with E-state index >= 15 is 0 Å². The van der Waals surface area contributed by atoms with Crippen LogP contribution in [-0.2, 0) is 14.3 Å². The molecule has 1 rings (SSSR count). The average molecular weight is 344 g/mol. The van der Waals surface area contributed by atoms with Gasteiger partial charge in [-0.2, -0.15) is 0 Å². The van der Waals surface area contributed by atoms with Gasteiger partial charge in [0.2, 0.25) is 0 Å². The Hall–Kier alpha value is -1.93. The third-order valence-corrected chi connectivity index (χ3v) is 3.73. The number of hydrogen-bond donors (Lipinski definition) is 1. The molecule has 1 aliphatic rings. The van der Waals surface area contributed by atoms with Gasteiger partial charge in [-0.05, 0) is 12.8 Å². The maximum absolute atomic E-state index is 10.9. The molecule has 1 saturated heterocycles. The molecule has 4 heteroatoms. The van der Waals surface area contributed by atoms with Crippen molar-refractivity contribution in [3.05, 3.63) is 0 Å². The van der Waals surface area contributed by atoms with Gasteiger partial charge in [-0.25, -0.2) is 0 Å². The third-order valence-electron chi connectivity index (χ3n) is 3.73. The lowest BCUT2D eigenvalue weighted by atomic mass is 10.1. The Bertz CT molecular complexity index is 576. The van der Waals surface area contributed by atoms with E-state index in [0.29, 0.717) is 32.1 Å². The van der Waals surface area contributed by atoms with Crippen molar-refractivity contribution in [3.8, 4) is 35.5 Å². The first kappa shape index (κ1) is 21.1. The lowest BCUT2D eigenvalue weighted by Gasteiger charge is -1.95. The minimum absolute atomic E-state index is 0.0439. The first-order valence-corrected chi connectivity index (χ1v) is 8.99. The Labute approximate surface area is 151 Å². The lowest BCUT2D eigenvalue weighted by Crippen LogP contribution is -2.14. The summed E-state index contributed by atoms with van der Waals surface area (Å²) < 4.78 is 9.96. The molecule has 0 saturated carbocycles. The van der Waals surface area contributed by atoms with Crippen molar-refractivity contribution in [1.29, 1.82) is 0 Å². The van der Waals surface area contributed by atoms with Crippen molar-refractivity contribution in [2.75, 3.05) is 7.11 Å². The van der Waals surface area contributed by atoms with Crippen LogP contribution < -0.4 is 0 Å². The summed E-state index contributed by atoms with van der Waals surface area (Å²) in [6.45, 7) is 2.17. The highest BCUT2D eigenvalue weighted by Crippen LogP contribution is 2.27. The summed E-state index contributed by atoms with van der Waals surface area (Å²) in [6, 6.07) is 0. The van der Waals surface area contributed by atoms with E-state index in [1.165, 1.54) is 20.0 Å². The molecule has 0 aromatic carbocycles. The molecule has 25 heavy (non-hydrogen) atoms. The number of aliphatic hydroxyl groups excluding tert-OH is 1. The topological polar surface area (TPSA) is 59.1 Å². The Morgan fingerprint density at radius 1 is 1.12 bits per heavy atom. The molecule has 0 bridgehead atoms. The molecule has 136 valence electrons. The number of carbonyl (C=O) groups excluding carboxylic acids is 1. The van der Waals surface area contributed by atoms with E-state index in [-0.39, 0.29) is 18.2 Å². The second-order valence-electron chi connectivity index (χ2n) is 5.88. The van der Waals surface area contributed by atoms with Gasteiger partial charge in [0.05, 0.1) is 19.6 Å². The number of unbranched alkanes of at least 4 members (excludes halogenated alkanes) is 4. The minimum Gasteiger partial charge on any atom is -0.469 e. The fourth-order valence-electron chi connectivity index (χ4n) is 2.18. The minimum atomic E-state index is -0.770. The van der Waals surface area contributed by atoms with Crippen LogP contribution in [-0.4, -0.2) is 36.5 Å². The highest BCUT2D eigenvalue weighted by molar-refractivity contribution is 5.69. The lowest BCUT2D eigenvalue weighted by molar-refractivity contribution is -0.140. The molecule has 4 nitrogen and oxygen atoms in total. The molecule has 0 radical (unpaired) electrons. The fraction of sp³-hybridized carbons (Fsp3) is 0.667. The molecule has 0 unspecified atom stereocenters. The van der Waals surface area contributed by atoms with Crippen molar-refractivity contribution in [1.82, 2.24) is 0 Å². The molecule has 1 aliphatic heterocycles. The normalized spacial score (nSPS) is 18.5. The summed E-state index contributed by atoms with van der Waals surface area (Å²) >= 11 is 0. The molecular weight excluding hydrogens is 316 g/mol. The van der Waals surface area contributed by atoms with Gasteiger partial charge >= 0.3 is 5.97 Å². The van der Waals surface area contributed by atoms with Crippen LogP contribution in [0.1, 0.15) is 64.7 Å². The van der Waals surface area contributed by atoms with Gasteiger partial charge in [-0.15, -0.1) is 17.8 Å². The number of carbonyl (C=O) groups is 1. The van der Waals surface area contributed by atoms with E-state index in [0.717, 1.165) is 12.8 Å². The van der Waals surface area contributed by atoms with Crippen LogP contribution in [0.5, 0.6) is 0 Å². The zero-order valence-corrected chi connectivity index (χ0v) is 15.3. The summed E-state index contributed by atoms with van der Waals surface area (Å²) in [5.41, 5.74) is 0. The van der Waals surface area contributed by atoms with Crippen LogP contribution in [0.3, 0.4) is 0 Å². The van der Waals surface area contributed by atoms with E-state index in [1.807, 2.05) is 0 Å². The number of epoxide rings is 1. The zero-order chi connectivity index (χ0) is 18.3. The second kappa shape index (κ2) is 13.4. The van der Waals surface area contributed by atoms with Crippen molar-refractivity contribution < 1.29 is 19.4 Å². The van der Waals surface area contributed by atoms with Crippen LogP contribution in [0.2, 0.25) is 0 Å². The zero-order valence-electron chi connectivity index (χ0n) is 15.3. The Morgan fingerprint density at radius 3 is 2.64 bits per heavy atom. The van der Waals surface area contributed by atoms with Crippen molar-refractivity contribution >= 4 is 5.97 Å². The molecule has 1 fully saturated rings. The van der Waals surface area contributed by atoms with Gasteiger partial charge in [0.1, 0.15) is 12.2 Å². The average Bonchev–Trinajstić information content (AvgIpc) is 3.39. The fourth-order valence-corrected chi connectivity index (χ4v) is 2.18. The molecule has 0 amide bonds. The largest absolute Gasteiger partial charge is 0.469 e. The molecule has 3 atom stereocenters. The first-order valence-electron chi connectivity index (χ1n) is 8.99. The van der Waals surface area contributed by atoms with E-state index in [4.69, 9.17) is 4.74 Å². The maximum Gasteiger partial charge on any atom is 0.305 e.